The van der Waals surface area contributed by atoms with E-state index in [-0.39, 0.29) is 5.91 Å². The second-order valence-electron chi connectivity index (χ2n) is 7.54. The van der Waals surface area contributed by atoms with Crippen LogP contribution < -0.4 is 10.2 Å². The molecule has 0 unspecified atom stereocenters. The van der Waals surface area contributed by atoms with Crippen LogP contribution in [0.1, 0.15) is 21.6 Å². The predicted octanol–water partition coefficient (Wildman–Crippen LogP) is 3.29. The molecule has 7 nitrogen and oxygen atoms in total. The quantitative estimate of drug-likeness (QED) is 0.680. The number of halogens is 1. The van der Waals surface area contributed by atoms with E-state index in [9.17, 15) is 4.79 Å². The van der Waals surface area contributed by atoms with Gasteiger partial charge < -0.3 is 15.1 Å². The maximum atomic E-state index is 12.9. The average Bonchev–Trinajstić information content (AvgIpc) is 3.03. The van der Waals surface area contributed by atoms with Gasteiger partial charge in [0.15, 0.2) is 0 Å². The summed E-state index contributed by atoms with van der Waals surface area (Å²) in [4.78, 5) is 21.9. The molecule has 30 heavy (non-hydrogen) atoms. The summed E-state index contributed by atoms with van der Waals surface area (Å²) < 4.78 is 1.65. The van der Waals surface area contributed by atoms with Gasteiger partial charge in [-0.1, -0.05) is 41.9 Å². The van der Waals surface area contributed by atoms with Crippen molar-refractivity contribution in [3.05, 3.63) is 70.6 Å². The summed E-state index contributed by atoms with van der Waals surface area (Å²) in [7, 11) is 2.12. The van der Waals surface area contributed by atoms with Gasteiger partial charge in [0.05, 0.1) is 29.7 Å². The van der Waals surface area contributed by atoms with Crippen LogP contribution in [-0.4, -0.2) is 58.8 Å². The summed E-state index contributed by atoms with van der Waals surface area (Å²) in [5.41, 5.74) is 2.67. The lowest BCUT2D eigenvalue weighted by molar-refractivity contribution is 0.102. The Morgan fingerprint density at radius 1 is 1.10 bits per heavy atom. The van der Waals surface area contributed by atoms with E-state index in [2.05, 4.69) is 32.2 Å². The monoisotopic (exact) mass is 424 g/mol. The van der Waals surface area contributed by atoms with Crippen molar-refractivity contribution in [2.45, 2.75) is 13.5 Å². The Bertz CT molecular complexity index is 1010. The molecule has 1 aliphatic heterocycles. The number of anilines is 2. The molecule has 1 aliphatic rings. The Balaban J connectivity index is 1.45. The molecule has 0 aliphatic carbocycles. The van der Waals surface area contributed by atoms with Gasteiger partial charge in [0.25, 0.3) is 5.91 Å². The number of carbonyl (C=O) groups is 1. The summed E-state index contributed by atoms with van der Waals surface area (Å²) in [6.07, 6.45) is 1.68. The van der Waals surface area contributed by atoms with Crippen LogP contribution in [0.2, 0.25) is 5.15 Å². The number of piperazine rings is 1. The van der Waals surface area contributed by atoms with Crippen LogP contribution in [0.25, 0.3) is 0 Å². The van der Waals surface area contributed by atoms with Crippen LogP contribution in [0, 0.1) is 6.92 Å². The molecule has 0 radical (unpaired) electrons. The number of hydrogen-bond donors (Lipinski definition) is 1. The fraction of sp³-hybridized carbons (Fsp3) is 0.318. The molecule has 1 saturated heterocycles. The number of hydrogen-bond acceptors (Lipinski definition) is 5. The molecule has 4 rings (SSSR count). The molecule has 0 saturated carbocycles. The second-order valence-corrected chi connectivity index (χ2v) is 7.90. The molecular weight excluding hydrogens is 400 g/mol. The van der Waals surface area contributed by atoms with Crippen molar-refractivity contribution in [3.63, 3.8) is 0 Å². The highest BCUT2D eigenvalue weighted by atomic mass is 35.5. The Morgan fingerprint density at radius 3 is 2.50 bits per heavy atom. The standard InChI is InChI=1S/C22H25ClN6O/c1-16-20(21(23)29(26-16)15-17-6-4-3-5-7-17)22(30)25-18-8-9-19(24-14-18)28-12-10-27(2)11-13-28/h3-9,14H,10-13,15H2,1-2H3,(H,25,30). The lowest BCUT2D eigenvalue weighted by Gasteiger charge is -2.33. The molecule has 156 valence electrons. The molecule has 0 bridgehead atoms. The van der Waals surface area contributed by atoms with Gasteiger partial charge in [-0.25, -0.2) is 9.67 Å². The van der Waals surface area contributed by atoms with Gasteiger partial charge in [-0.05, 0) is 31.7 Å². The van der Waals surface area contributed by atoms with Crippen molar-refractivity contribution < 1.29 is 4.79 Å². The number of nitrogens with one attached hydrogen (secondary N) is 1. The lowest BCUT2D eigenvalue weighted by Crippen LogP contribution is -2.44. The number of amides is 1. The van der Waals surface area contributed by atoms with Crippen LogP contribution in [0.4, 0.5) is 11.5 Å². The average molecular weight is 425 g/mol. The molecule has 1 aromatic carbocycles. The summed E-state index contributed by atoms with van der Waals surface area (Å²) >= 11 is 6.49. The van der Waals surface area contributed by atoms with E-state index in [0.29, 0.717) is 28.6 Å². The molecule has 0 spiro atoms. The van der Waals surface area contributed by atoms with E-state index in [4.69, 9.17) is 11.6 Å². The maximum Gasteiger partial charge on any atom is 0.260 e. The van der Waals surface area contributed by atoms with Gasteiger partial charge >= 0.3 is 0 Å². The Kier molecular flexibility index (Phi) is 6.01. The van der Waals surface area contributed by atoms with Gasteiger partial charge in [0, 0.05) is 26.2 Å². The highest BCUT2D eigenvalue weighted by molar-refractivity contribution is 6.33. The van der Waals surface area contributed by atoms with Crippen molar-refractivity contribution in [2.24, 2.45) is 0 Å². The van der Waals surface area contributed by atoms with E-state index in [1.807, 2.05) is 42.5 Å². The third-order valence-electron chi connectivity index (χ3n) is 5.30. The number of likely N-dealkylation sites (N-methyl/N-ethyl adjacent to an activating group) is 1. The number of carbonyl (C=O) groups excluding carboxylic acids is 1. The first-order valence-corrected chi connectivity index (χ1v) is 10.4. The van der Waals surface area contributed by atoms with Crippen LogP contribution >= 0.6 is 11.6 Å². The van der Waals surface area contributed by atoms with Crippen LogP contribution in [0.15, 0.2) is 48.7 Å². The minimum absolute atomic E-state index is 0.286. The van der Waals surface area contributed by atoms with Crippen LogP contribution in [-0.2, 0) is 6.54 Å². The molecule has 1 amide bonds. The maximum absolute atomic E-state index is 12.9. The molecule has 8 heteroatoms. The third kappa shape index (κ3) is 4.47. The largest absolute Gasteiger partial charge is 0.354 e. The van der Waals surface area contributed by atoms with E-state index in [0.717, 1.165) is 37.6 Å². The van der Waals surface area contributed by atoms with Gasteiger partial charge in [0.1, 0.15) is 11.0 Å². The summed E-state index contributed by atoms with van der Waals surface area (Å²) in [6.45, 7) is 6.23. The fourth-order valence-corrected chi connectivity index (χ4v) is 3.87. The van der Waals surface area contributed by atoms with Crippen LogP contribution in [0.3, 0.4) is 0 Å². The highest BCUT2D eigenvalue weighted by Gasteiger charge is 2.21. The van der Waals surface area contributed by atoms with Gasteiger partial charge in [-0.2, -0.15) is 5.10 Å². The van der Waals surface area contributed by atoms with Gasteiger partial charge in [-0.15, -0.1) is 0 Å². The molecule has 0 atom stereocenters. The summed E-state index contributed by atoms with van der Waals surface area (Å²) in [5.74, 6) is 0.636. The first-order valence-electron chi connectivity index (χ1n) is 9.99. The molecular formula is C22H25ClN6O. The van der Waals surface area contributed by atoms with Crippen LogP contribution in [0.5, 0.6) is 0 Å². The van der Waals surface area contributed by atoms with E-state index in [1.165, 1.54) is 0 Å². The summed E-state index contributed by atoms with van der Waals surface area (Å²) in [5, 5.41) is 7.66. The van der Waals surface area contributed by atoms with Crippen molar-refractivity contribution in [1.29, 1.82) is 0 Å². The van der Waals surface area contributed by atoms with Crippen molar-refractivity contribution in [1.82, 2.24) is 19.7 Å². The molecule has 3 aromatic rings. The number of nitrogens with zero attached hydrogens (tertiary/aromatic N) is 5. The first kappa shape index (κ1) is 20.4. The number of rotatable bonds is 5. The number of pyridine rings is 1. The van der Waals surface area contributed by atoms with E-state index >= 15 is 0 Å². The minimum atomic E-state index is -0.286. The normalized spacial score (nSPS) is 14.7. The summed E-state index contributed by atoms with van der Waals surface area (Å²) in [6, 6.07) is 13.7. The number of aromatic nitrogens is 3. The second kappa shape index (κ2) is 8.85. The Hall–Kier alpha value is -2.90. The topological polar surface area (TPSA) is 66.3 Å². The highest BCUT2D eigenvalue weighted by Crippen LogP contribution is 2.23. The smallest absolute Gasteiger partial charge is 0.260 e. The van der Waals surface area contributed by atoms with Gasteiger partial charge in [-0.3, -0.25) is 4.79 Å². The Morgan fingerprint density at radius 2 is 1.83 bits per heavy atom. The van der Waals surface area contributed by atoms with E-state index < -0.39 is 0 Å². The zero-order valence-electron chi connectivity index (χ0n) is 17.2. The Labute approximate surface area is 181 Å². The number of benzene rings is 1. The molecule has 1 fully saturated rings. The van der Waals surface area contributed by atoms with Crippen molar-refractivity contribution >= 4 is 29.0 Å². The zero-order valence-corrected chi connectivity index (χ0v) is 17.9. The van der Waals surface area contributed by atoms with Crippen molar-refractivity contribution in [2.75, 3.05) is 43.4 Å². The molecule has 3 heterocycles. The third-order valence-corrected chi connectivity index (χ3v) is 5.68. The van der Waals surface area contributed by atoms with E-state index in [1.54, 1.807) is 17.8 Å². The SMILES string of the molecule is Cc1nn(Cc2ccccc2)c(Cl)c1C(=O)Nc1ccc(N2CCN(C)CC2)nc1. The van der Waals surface area contributed by atoms with Crippen molar-refractivity contribution in [3.8, 4) is 0 Å². The predicted molar refractivity (Wildman–Crippen MR) is 119 cm³/mol. The fourth-order valence-electron chi connectivity index (χ4n) is 3.55. The minimum Gasteiger partial charge on any atom is -0.354 e. The molecule has 1 N–H and O–H groups in total. The zero-order chi connectivity index (χ0) is 21.1. The molecule has 2 aromatic heterocycles. The number of aryl methyl sites for hydroxylation is 1. The first-order chi connectivity index (χ1) is 14.5. The van der Waals surface area contributed by atoms with Gasteiger partial charge in [0.2, 0.25) is 0 Å². The lowest BCUT2D eigenvalue weighted by atomic mass is 10.2.